The van der Waals surface area contributed by atoms with Gasteiger partial charge < -0.3 is 4.43 Å². The fourth-order valence-electron chi connectivity index (χ4n) is 1.93. The predicted octanol–water partition coefficient (Wildman–Crippen LogP) is 4.01. The number of aliphatic imine (C=N–C) groups is 1. The molecule has 0 bridgehead atoms. The first kappa shape index (κ1) is 16.4. The van der Waals surface area contributed by atoms with E-state index in [2.05, 4.69) is 40.7 Å². The molecule has 0 saturated heterocycles. The first-order valence-corrected chi connectivity index (χ1v) is 10.8. The van der Waals surface area contributed by atoms with Crippen LogP contribution in [0.1, 0.15) is 23.9 Å². The Morgan fingerprint density at radius 1 is 1.14 bits per heavy atom. The molecule has 5 heteroatoms. The molecule has 0 atom stereocenters. The quantitative estimate of drug-likeness (QED) is 0.619. The Kier molecular flexibility index (Phi) is 5.08. The van der Waals surface area contributed by atoms with Gasteiger partial charge in [0.15, 0.2) is 0 Å². The van der Waals surface area contributed by atoms with E-state index in [1.54, 1.807) is 12.4 Å². The van der Waals surface area contributed by atoms with E-state index >= 15 is 0 Å². The molecule has 1 heterocycles. The molecular formula is C17H23N3OSi. The highest BCUT2D eigenvalue weighted by atomic mass is 28.4. The van der Waals surface area contributed by atoms with Crippen LogP contribution in [-0.2, 0) is 6.54 Å². The van der Waals surface area contributed by atoms with Crippen molar-refractivity contribution in [2.24, 2.45) is 4.99 Å². The van der Waals surface area contributed by atoms with E-state index in [1.165, 1.54) is 0 Å². The fourth-order valence-corrected chi connectivity index (χ4v) is 2.79. The third kappa shape index (κ3) is 4.77. The van der Waals surface area contributed by atoms with Crippen LogP contribution in [0.5, 0.6) is 5.75 Å². The SMILES string of the molecule is CC(=NCc1ccccc1O[Si](C)(C)C)c1cnc(C)cn1. The molecule has 0 fully saturated rings. The maximum atomic E-state index is 6.13. The highest BCUT2D eigenvalue weighted by molar-refractivity contribution is 6.70. The molecule has 0 amide bonds. The van der Waals surface area contributed by atoms with Crippen LogP contribution in [0.2, 0.25) is 19.6 Å². The molecule has 1 aromatic carbocycles. The van der Waals surface area contributed by atoms with Crippen LogP contribution in [-0.4, -0.2) is 24.0 Å². The van der Waals surface area contributed by atoms with E-state index in [1.807, 2.05) is 32.0 Å². The summed E-state index contributed by atoms with van der Waals surface area (Å²) in [5.74, 6) is 0.938. The second-order valence-electron chi connectivity index (χ2n) is 6.27. The van der Waals surface area contributed by atoms with Crippen LogP contribution < -0.4 is 4.43 Å². The van der Waals surface area contributed by atoms with Gasteiger partial charge in [-0.25, -0.2) is 0 Å². The Morgan fingerprint density at radius 2 is 1.86 bits per heavy atom. The Morgan fingerprint density at radius 3 is 2.50 bits per heavy atom. The molecule has 116 valence electrons. The summed E-state index contributed by atoms with van der Waals surface area (Å²) in [4.78, 5) is 13.2. The van der Waals surface area contributed by atoms with Crippen LogP contribution >= 0.6 is 0 Å². The molecule has 0 N–H and O–H groups in total. The summed E-state index contributed by atoms with van der Waals surface area (Å²) in [6.07, 6.45) is 3.52. The van der Waals surface area contributed by atoms with Crippen molar-refractivity contribution in [3.63, 3.8) is 0 Å². The molecule has 4 nitrogen and oxygen atoms in total. The van der Waals surface area contributed by atoms with Gasteiger partial charge in [0.25, 0.3) is 0 Å². The third-order valence-electron chi connectivity index (χ3n) is 3.03. The second-order valence-corrected chi connectivity index (χ2v) is 10.7. The Bertz CT molecular complexity index is 660. The topological polar surface area (TPSA) is 47.4 Å². The van der Waals surface area contributed by atoms with Gasteiger partial charge in [-0.15, -0.1) is 0 Å². The number of hydrogen-bond donors (Lipinski definition) is 0. The summed E-state index contributed by atoms with van der Waals surface area (Å²) in [6.45, 7) is 11.0. The lowest BCUT2D eigenvalue weighted by Crippen LogP contribution is -2.29. The molecule has 2 aromatic rings. The molecule has 1 aromatic heterocycles. The van der Waals surface area contributed by atoms with Crippen LogP contribution in [0.15, 0.2) is 41.7 Å². The number of nitrogens with zero attached hydrogens (tertiary/aromatic N) is 3. The molecule has 0 unspecified atom stereocenters. The predicted molar refractivity (Wildman–Crippen MR) is 93.1 cm³/mol. The maximum Gasteiger partial charge on any atom is 0.242 e. The van der Waals surface area contributed by atoms with Crippen molar-refractivity contribution in [2.45, 2.75) is 40.0 Å². The first-order chi connectivity index (χ1) is 10.3. The minimum absolute atomic E-state index is 0.585. The number of aryl methyl sites for hydroxylation is 1. The smallest absolute Gasteiger partial charge is 0.242 e. The number of hydrogen-bond acceptors (Lipinski definition) is 4. The summed E-state index contributed by atoms with van der Waals surface area (Å²) in [5.41, 5.74) is 3.71. The van der Waals surface area contributed by atoms with E-state index in [9.17, 15) is 0 Å². The Hall–Kier alpha value is -2.01. The van der Waals surface area contributed by atoms with E-state index in [-0.39, 0.29) is 0 Å². The number of para-hydroxylation sites is 1. The third-order valence-corrected chi connectivity index (χ3v) is 3.86. The number of rotatable bonds is 5. The lowest BCUT2D eigenvalue weighted by Gasteiger charge is -2.21. The molecule has 0 radical (unpaired) electrons. The molecule has 2 rings (SSSR count). The lowest BCUT2D eigenvalue weighted by atomic mass is 10.2. The molecule has 0 aliphatic carbocycles. The van der Waals surface area contributed by atoms with Gasteiger partial charge in [-0.3, -0.25) is 15.0 Å². The van der Waals surface area contributed by atoms with Crippen molar-refractivity contribution in [3.05, 3.63) is 53.6 Å². The molecule has 0 spiro atoms. The van der Waals surface area contributed by atoms with E-state index in [4.69, 9.17) is 4.43 Å². The van der Waals surface area contributed by atoms with E-state index in [0.29, 0.717) is 6.54 Å². The summed E-state index contributed by atoms with van der Waals surface area (Å²) in [5, 5.41) is 0. The van der Waals surface area contributed by atoms with Gasteiger partial charge in [0, 0.05) is 11.8 Å². The second kappa shape index (κ2) is 6.83. The summed E-state index contributed by atoms with van der Waals surface area (Å²) < 4.78 is 6.13. The van der Waals surface area contributed by atoms with Crippen molar-refractivity contribution in [1.29, 1.82) is 0 Å². The van der Waals surface area contributed by atoms with E-state index < -0.39 is 8.32 Å². The molecule has 0 aliphatic rings. The summed E-state index contributed by atoms with van der Waals surface area (Å²) >= 11 is 0. The standard InChI is InChI=1S/C17H23N3OSi/c1-13-10-20-16(12-18-13)14(2)19-11-15-8-6-7-9-17(15)21-22(3,4)5/h6-10,12H,11H2,1-5H3. The van der Waals surface area contributed by atoms with Gasteiger partial charge in [-0.1, -0.05) is 18.2 Å². The minimum atomic E-state index is -1.63. The lowest BCUT2D eigenvalue weighted by molar-refractivity contribution is 0.549. The molecular weight excluding hydrogens is 290 g/mol. The zero-order valence-electron chi connectivity index (χ0n) is 13.9. The van der Waals surface area contributed by atoms with Gasteiger partial charge in [0.2, 0.25) is 8.32 Å². The van der Waals surface area contributed by atoms with Crippen molar-refractivity contribution >= 4 is 14.0 Å². The average molecular weight is 313 g/mol. The maximum absolute atomic E-state index is 6.13. The van der Waals surface area contributed by atoms with Gasteiger partial charge in [-0.2, -0.15) is 0 Å². The normalized spacial score (nSPS) is 12.3. The number of benzene rings is 1. The zero-order valence-corrected chi connectivity index (χ0v) is 14.9. The Labute approximate surface area is 133 Å². The van der Waals surface area contributed by atoms with Crippen molar-refractivity contribution < 1.29 is 4.43 Å². The van der Waals surface area contributed by atoms with Crippen LogP contribution in [0, 0.1) is 6.92 Å². The van der Waals surface area contributed by atoms with Crippen molar-refractivity contribution in [1.82, 2.24) is 9.97 Å². The highest BCUT2D eigenvalue weighted by Crippen LogP contribution is 2.22. The van der Waals surface area contributed by atoms with Gasteiger partial charge >= 0.3 is 0 Å². The molecule has 0 saturated carbocycles. The molecule has 22 heavy (non-hydrogen) atoms. The molecule has 0 aliphatic heterocycles. The largest absolute Gasteiger partial charge is 0.544 e. The summed E-state index contributed by atoms with van der Waals surface area (Å²) in [6, 6.07) is 8.10. The monoisotopic (exact) mass is 313 g/mol. The minimum Gasteiger partial charge on any atom is -0.544 e. The van der Waals surface area contributed by atoms with Crippen LogP contribution in [0.4, 0.5) is 0 Å². The fraction of sp³-hybridized carbons (Fsp3) is 0.353. The van der Waals surface area contributed by atoms with Gasteiger partial charge in [0.1, 0.15) is 11.4 Å². The summed E-state index contributed by atoms with van der Waals surface area (Å²) in [7, 11) is -1.63. The van der Waals surface area contributed by atoms with Gasteiger partial charge in [0.05, 0.1) is 24.1 Å². The van der Waals surface area contributed by atoms with Crippen molar-refractivity contribution in [3.8, 4) is 5.75 Å². The highest BCUT2D eigenvalue weighted by Gasteiger charge is 2.17. The van der Waals surface area contributed by atoms with E-state index in [0.717, 1.165) is 28.4 Å². The van der Waals surface area contributed by atoms with Crippen molar-refractivity contribution in [2.75, 3.05) is 0 Å². The van der Waals surface area contributed by atoms with Crippen LogP contribution in [0.3, 0.4) is 0 Å². The number of aromatic nitrogens is 2. The van der Waals surface area contributed by atoms with Crippen LogP contribution in [0.25, 0.3) is 0 Å². The average Bonchev–Trinajstić information content (AvgIpc) is 2.45. The Balaban J connectivity index is 2.17. The first-order valence-electron chi connectivity index (χ1n) is 7.42. The van der Waals surface area contributed by atoms with Gasteiger partial charge in [-0.05, 0) is 39.6 Å². The zero-order chi connectivity index (χ0) is 16.2.